The molecule has 0 unspecified atom stereocenters. The molecule has 3 aromatic heterocycles. The fourth-order valence-corrected chi connectivity index (χ4v) is 5.17. The lowest BCUT2D eigenvalue weighted by atomic mass is 10.1. The zero-order valence-electron chi connectivity index (χ0n) is 17.1. The average molecular weight is 493 g/mol. The number of H-pyrrole nitrogens is 2. The Morgan fingerprint density at radius 2 is 1.94 bits per heavy atom. The van der Waals surface area contributed by atoms with Gasteiger partial charge < -0.3 is 9.72 Å². The van der Waals surface area contributed by atoms with E-state index in [9.17, 15) is 8.42 Å². The van der Waals surface area contributed by atoms with Gasteiger partial charge in [-0.3, -0.25) is 10.1 Å². The molecule has 0 spiro atoms. The van der Waals surface area contributed by atoms with Crippen molar-refractivity contribution in [1.29, 1.82) is 0 Å². The highest BCUT2D eigenvalue weighted by molar-refractivity contribution is 7.88. The first kappa shape index (κ1) is 21.2. The number of nitrogens with zero attached hydrogens (tertiary/aromatic N) is 4. The van der Waals surface area contributed by atoms with Gasteiger partial charge in [-0.25, -0.2) is 13.4 Å². The first-order chi connectivity index (χ1) is 15.2. The van der Waals surface area contributed by atoms with Crippen LogP contribution in [-0.2, 0) is 23.1 Å². The molecule has 0 amide bonds. The minimum atomic E-state index is -3.28. The van der Waals surface area contributed by atoms with E-state index >= 15 is 0 Å². The van der Waals surface area contributed by atoms with Crippen molar-refractivity contribution >= 4 is 44.1 Å². The number of hydrogen-bond acceptors (Lipinski definition) is 6. The summed E-state index contributed by atoms with van der Waals surface area (Å²) >= 11 is 12.5. The largest absolute Gasteiger partial charge is 0.486 e. The molecule has 1 atom stereocenters. The van der Waals surface area contributed by atoms with Crippen molar-refractivity contribution < 1.29 is 13.2 Å². The van der Waals surface area contributed by atoms with Crippen molar-refractivity contribution in [2.75, 3.05) is 6.26 Å². The van der Waals surface area contributed by atoms with Gasteiger partial charge in [-0.2, -0.15) is 9.40 Å². The van der Waals surface area contributed by atoms with Gasteiger partial charge in [0.1, 0.15) is 17.5 Å². The highest BCUT2D eigenvalue weighted by Crippen LogP contribution is 2.35. The van der Waals surface area contributed by atoms with Crippen LogP contribution in [-0.4, -0.2) is 44.1 Å². The Morgan fingerprint density at radius 3 is 2.62 bits per heavy atom. The molecule has 1 aromatic carbocycles. The molecular formula is C20H18Cl2N6O3S. The molecule has 0 radical (unpaired) electrons. The van der Waals surface area contributed by atoms with E-state index in [2.05, 4.69) is 25.1 Å². The number of imidazole rings is 1. The van der Waals surface area contributed by atoms with Crippen LogP contribution in [0.3, 0.4) is 0 Å². The summed E-state index contributed by atoms with van der Waals surface area (Å²) in [6.07, 6.45) is 3.85. The maximum absolute atomic E-state index is 11.8. The second-order valence-corrected chi connectivity index (χ2v) is 10.4. The van der Waals surface area contributed by atoms with Gasteiger partial charge in [0.2, 0.25) is 10.0 Å². The van der Waals surface area contributed by atoms with Crippen LogP contribution >= 0.6 is 23.2 Å². The summed E-state index contributed by atoms with van der Waals surface area (Å²) in [6, 6.07) is 5.56. The van der Waals surface area contributed by atoms with Gasteiger partial charge >= 0.3 is 0 Å². The molecule has 9 nitrogen and oxygen atoms in total. The highest BCUT2D eigenvalue weighted by Gasteiger charge is 2.30. The van der Waals surface area contributed by atoms with Gasteiger partial charge in [-0.1, -0.05) is 23.2 Å². The molecule has 4 aromatic rings. The van der Waals surface area contributed by atoms with Gasteiger partial charge in [-0.15, -0.1) is 0 Å². The van der Waals surface area contributed by atoms with E-state index in [0.29, 0.717) is 38.6 Å². The van der Waals surface area contributed by atoms with E-state index in [4.69, 9.17) is 27.9 Å². The smallest absolute Gasteiger partial charge is 0.211 e. The molecule has 5 rings (SSSR count). The molecule has 1 aliphatic heterocycles. The first-order valence-electron chi connectivity index (χ1n) is 9.67. The van der Waals surface area contributed by atoms with Crippen molar-refractivity contribution in [2.24, 2.45) is 0 Å². The predicted molar refractivity (Wildman–Crippen MR) is 121 cm³/mol. The fraction of sp³-hybridized carbons (Fsp3) is 0.250. The second-order valence-electron chi connectivity index (χ2n) is 7.60. The van der Waals surface area contributed by atoms with Crippen LogP contribution in [0.4, 0.5) is 0 Å². The Hall–Kier alpha value is -2.66. The van der Waals surface area contributed by atoms with E-state index in [0.717, 1.165) is 16.6 Å². The lowest BCUT2D eigenvalue weighted by Crippen LogP contribution is -2.24. The van der Waals surface area contributed by atoms with E-state index in [1.54, 1.807) is 0 Å². The summed E-state index contributed by atoms with van der Waals surface area (Å²) in [7, 11) is -3.28. The number of aromatic nitrogens is 5. The Bertz CT molecular complexity index is 1410. The van der Waals surface area contributed by atoms with Crippen LogP contribution in [0.1, 0.15) is 30.0 Å². The van der Waals surface area contributed by atoms with Gasteiger partial charge in [0.15, 0.2) is 5.82 Å². The van der Waals surface area contributed by atoms with Crippen LogP contribution in [0.2, 0.25) is 10.0 Å². The number of rotatable bonds is 5. The number of halogens is 2. The maximum Gasteiger partial charge on any atom is 0.211 e. The maximum atomic E-state index is 11.8. The van der Waals surface area contributed by atoms with Crippen molar-refractivity contribution in [3.05, 3.63) is 57.6 Å². The standard InChI is InChI=1S/C20H18Cl2N6O3S/c1-10(18-13(21)6-23-7-14(18)22)31-11-3-4-15-12(5-11)19(27-26-15)20-24-16-8-28(32(2,29)30)9-17(16)25-20/h3-7,10H,8-9H2,1-2H3,(H,24,25)(H,26,27)/t10-/m1/s1. The monoisotopic (exact) mass is 492 g/mol. The third-order valence-electron chi connectivity index (χ3n) is 5.36. The summed E-state index contributed by atoms with van der Waals surface area (Å²) in [5.41, 5.74) is 3.57. The number of nitrogens with one attached hydrogen (secondary N) is 2. The normalized spacial score (nSPS) is 15.2. The van der Waals surface area contributed by atoms with Gasteiger partial charge in [0, 0.05) is 23.3 Å². The van der Waals surface area contributed by atoms with Gasteiger partial charge in [0.05, 0.1) is 46.3 Å². The summed E-state index contributed by atoms with van der Waals surface area (Å²) in [6.45, 7) is 2.37. The van der Waals surface area contributed by atoms with Crippen molar-refractivity contribution in [3.63, 3.8) is 0 Å². The molecule has 4 heterocycles. The van der Waals surface area contributed by atoms with Crippen LogP contribution in [0.25, 0.3) is 22.4 Å². The average Bonchev–Trinajstić information content (AvgIpc) is 3.39. The quantitative estimate of drug-likeness (QED) is 0.433. The fourth-order valence-electron chi connectivity index (χ4n) is 3.77. The van der Waals surface area contributed by atoms with Gasteiger partial charge in [0.25, 0.3) is 0 Å². The number of ether oxygens (including phenoxy) is 1. The molecule has 0 bridgehead atoms. The third-order valence-corrected chi connectivity index (χ3v) is 7.16. The lowest BCUT2D eigenvalue weighted by Gasteiger charge is -2.17. The van der Waals surface area contributed by atoms with Gasteiger partial charge in [-0.05, 0) is 25.1 Å². The Labute approximate surface area is 193 Å². The molecule has 0 fully saturated rings. The van der Waals surface area contributed by atoms with Crippen LogP contribution in [0.15, 0.2) is 30.6 Å². The molecule has 0 saturated heterocycles. The van der Waals surface area contributed by atoms with Crippen LogP contribution < -0.4 is 4.74 Å². The second kappa shape index (κ2) is 7.73. The number of fused-ring (bicyclic) bond motifs is 2. The minimum Gasteiger partial charge on any atom is -0.486 e. The molecule has 12 heteroatoms. The Kier molecular flexibility index (Phi) is 5.12. The number of sulfonamides is 1. The number of hydrogen-bond donors (Lipinski definition) is 2. The summed E-state index contributed by atoms with van der Waals surface area (Å²) in [5, 5.41) is 9.07. The Balaban J connectivity index is 1.45. The van der Waals surface area contributed by atoms with Crippen LogP contribution in [0.5, 0.6) is 5.75 Å². The lowest BCUT2D eigenvalue weighted by molar-refractivity contribution is 0.227. The minimum absolute atomic E-state index is 0.242. The SMILES string of the molecule is C[C@@H](Oc1ccc2[nH]nc(-c3nc4c([nH]3)CN(S(C)(=O)=O)C4)c2c1)c1c(Cl)cncc1Cl. The van der Waals surface area contributed by atoms with E-state index in [-0.39, 0.29) is 13.1 Å². The molecular weight excluding hydrogens is 475 g/mol. The topological polar surface area (TPSA) is 117 Å². The van der Waals surface area contributed by atoms with Crippen molar-refractivity contribution in [1.82, 2.24) is 29.5 Å². The summed E-state index contributed by atoms with van der Waals surface area (Å²) in [4.78, 5) is 11.8. The number of benzene rings is 1. The van der Waals surface area contributed by atoms with E-state index in [1.165, 1.54) is 23.0 Å². The van der Waals surface area contributed by atoms with Crippen LogP contribution in [0, 0.1) is 0 Å². The van der Waals surface area contributed by atoms with Crippen molar-refractivity contribution in [2.45, 2.75) is 26.1 Å². The molecule has 1 aliphatic rings. The summed E-state index contributed by atoms with van der Waals surface area (Å²) < 4.78 is 31.1. The first-order valence-corrected chi connectivity index (χ1v) is 12.3. The van der Waals surface area contributed by atoms with E-state index < -0.39 is 16.1 Å². The molecule has 0 aliphatic carbocycles. The molecule has 0 saturated carbocycles. The van der Waals surface area contributed by atoms with Crippen molar-refractivity contribution in [3.8, 4) is 17.3 Å². The number of pyridine rings is 1. The number of aromatic amines is 2. The third kappa shape index (κ3) is 3.73. The Morgan fingerprint density at radius 1 is 1.19 bits per heavy atom. The zero-order chi connectivity index (χ0) is 22.6. The predicted octanol–water partition coefficient (Wildman–Crippen LogP) is 4.07. The molecule has 2 N–H and O–H groups in total. The molecule has 166 valence electrons. The molecule has 32 heavy (non-hydrogen) atoms. The van der Waals surface area contributed by atoms with E-state index in [1.807, 2.05) is 25.1 Å². The summed E-state index contributed by atoms with van der Waals surface area (Å²) in [5.74, 6) is 1.18. The highest BCUT2D eigenvalue weighted by atomic mass is 35.5. The zero-order valence-corrected chi connectivity index (χ0v) is 19.4.